The van der Waals surface area contributed by atoms with E-state index in [4.69, 9.17) is 4.74 Å². The number of hydrogen-bond donors (Lipinski definition) is 0. The quantitative estimate of drug-likeness (QED) is 0.0833. The molecule has 1 atom stereocenters. The first-order chi connectivity index (χ1) is 17.9. The van der Waals surface area contributed by atoms with Gasteiger partial charge in [0, 0.05) is 0 Å². The predicted octanol–water partition coefficient (Wildman–Crippen LogP) is 9.20. The fraction of sp³-hybridized carbons (Fsp3) is 0.714. The molecule has 0 N–H and O–H groups in total. The summed E-state index contributed by atoms with van der Waals surface area (Å²) in [6, 6.07) is 6.39. The molecule has 1 unspecified atom stereocenters. The fourth-order valence-electron chi connectivity index (χ4n) is 3.41. The Bertz CT molecular complexity index is 1050. The molecular weight excluding hydrogens is 837 g/mol. The zero-order valence-electron chi connectivity index (χ0n) is 20.7. The molecule has 0 radical (unpaired) electrons. The second kappa shape index (κ2) is 11.7. The summed E-state index contributed by atoms with van der Waals surface area (Å²) in [6.45, 7) is 0. The van der Waals surface area contributed by atoms with Gasteiger partial charge >= 0.3 is 227 Å². The molecule has 0 fully saturated rings. The number of halogens is 18. The van der Waals surface area contributed by atoms with E-state index >= 15 is 0 Å². The number of hydrogen-bond acceptors (Lipinski definition) is 1. The minimum atomic E-state index is -8.61. The molecule has 0 spiro atoms. The topological polar surface area (TPSA) is 9.23 Å². The van der Waals surface area contributed by atoms with Crippen LogP contribution in [0.25, 0.3) is 0 Å². The number of rotatable bonds is 13. The van der Waals surface area contributed by atoms with Crippen LogP contribution in [0, 0.1) is 0 Å². The van der Waals surface area contributed by atoms with Crippen LogP contribution in [-0.2, 0) is 0 Å². The van der Waals surface area contributed by atoms with Crippen molar-refractivity contribution in [2.24, 2.45) is 0 Å². The molecule has 1 aromatic rings. The Morgan fingerprint density at radius 1 is 0.683 bits per heavy atom. The first-order valence-corrected chi connectivity index (χ1v) is 21.3. The van der Waals surface area contributed by atoms with Crippen LogP contribution >= 0.6 is 22.6 Å². The van der Waals surface area contributed by atoms with Gasteiger partial charge < -0.3 is 0 Å². The Morgan fingerprint density at radius 2 is 1.10 bits per heavy atom. The van der Waals surface area contributed by atoms with E-state index in [0.717, 1.165) is 26.2 Å². The van der Waals surface area contributed by atoms with Crippen LogP contribution in [-0.4, -0.2) is 77.0 Å². The van der Waals surface area contributed by atoms with Gasteiger partial charge in [-0.05, 0) is 0 Å². The van der Waals surface area contributed by atoms with Crippen molar-refractivity contribution in [3.05, 3.63) is 24.3 Å². The number of methoxy groups -OCH3 is 1. The van der Waals surface area contributed by atoms with Crippen molar-refractivity contribution < 1.29 is 79.4 Å². The van der Waals surface area contributed by atoms with Crippen LogP contribution in [0.5, 0.6) is 5.75 Å². The van der Waals surface area contributed by atoms with Crippen LogP contribution in [0.4, 0.5) is 74.6 Å². The SMILES string of the molecule is COc1ccc[c]([Sn]([CH3])([CH3])[CH2]CC(I)CC(F)(F)C(F)(F)C(F)(F)C(F)(F)C(F)(F)C(F)(F)C(F)(F)C(F)(F)F)c1. The van der Waals surface area contributed by atoms with Gasteiger partial charge in [-0.2, -0.15) is 13.2 Å². The van der Waals surface area contributed by atoms with Crippen molar-refractivity contribution in [3.8, 4) is 5.75 Å². The summed E-state index contributed by atoms with van der Waals surface area (Å²) in [4.78, 5) is 3.49. The molecule has 1 rings (SSSR count). The maximum atomic E-state index is 14.3. The maximum absolute atomic E-state index is 14.3. The van der Waals surface area contributed by atoms with Crippen molar-refractivity contribution in [1.29, 1.82) is 0 Å². The van der Waals surface area contributed by atoms with E-state index in [-0.39, 0.29) is 4.44 Å². The van der Waals surface area contributed by atoms with Crippen molar-refractivity contribution in [3.63, 3.8) is 0 Å². The Kier molecular flexibility index (Phi) is 11.0. The number of ether oxygens (including phenoxy) is 1. The van der Waals surface area contributed by atoms with E-state index in [1.807, 2.05) is 0 Å². The fourth-order valence-corrected chi connectivity index (χ4v) is 12.9. The number of benzene rings is 1. The van der Waals surface area contributed by atoms with Gasteiger partial charge in [0.1, 0.15) is 0 Å². The summed E-state index contributed by atoms with van der Waals surface area (Å²) < 4.78 is 233. The Labute approximate surface area is 239 Å². The van der Waals surface area contributed by atoms with E-state index in [1.54, 1.807) is 34.1 Å². The molecule has 0 aliphatic carbocycles. The minimum absolute atomic E-state index is 0.0560. The molecule has 0 heterocycles. The van der Waals surface area contributed by atoms with Gasteiger partial charge in [-0.15, -0.1) is 0 Å². The first-order valence-electron chi connectivity index (χ1n) is 10.9. The Hall–Kier alpha value is -0.641. The summed E-state index contributed by atoms with van der Waals surface area (Å²) in [6.07, 6.45) is -10.6. The molecular formula is C21H20F17IOSn. The summed E-state index contributed by atoms with van der Waals surface area (Å²) in [7, 11) is 1.34. The van der Waals surface area contributed by atoms with Crippen LogP contribution in [0.2, 0.25) is 14.3 Å². The molecule has 0 aliphatic heterocycles. The number of alkyl halides is 18. The van der Waals surface area contributed by atoms with Gasteiger partial charge in [0.05, 0.1) is 0 Å². The van der Waals surface area contributed by atoms with Crippen molar-refractivity contribution >= 4 is 44.5 Å². The van der Waals surface area contributed by atoms with E-state index in [9.17, 15) is 74.6 Å². The molecule has 1 nitrogen and oxygen atoms in total. The monoisotopic (exact) mass is 858 g/mol. The Balaban J connectivity index is 3.31. The van der Waals surface area contributed by atoms with Gasteiger partial charge in [-0.3, -0.25) is 0 Å². The predicted molar refractivity (Wildman–Crippen MR) is 123 cm³/mol. The van der Waals surface area contributed by atoms with E-state index in [2.05, 4.69) is 0 Å². The summed E-state index contributed by atoms with van der Waals surface area (Å²) >= 11 is -2.39. The third kappa shape index (κ3) is 6.58. The summed E-state index contributed by atoms with van der Waals surface area (Å²) in [5.74, 6) is -55.7. The van der Waals surface area contributed by atoms with Gasteiger partial charge in [0.2, 0.25) is 0 Å². The van der Waals surface area contributed by atoms with E-state index in [1.165, 1.54) is 7.11 Å². The molecule has 20 heteroatoms. The third-order valence-electron chi connectivity index (χ3n) is 6.20. The molecule has 240 valence electrons. The molecule has 0 aliphatic rings. The molecule has 0 aromatic heterocycles. The van der Waals surface area contributed by atoms with Crippen LogP contribution < -0.4 is 8.32 Å². The molecule has 0 saturated heterocycles. The zero-order valence-corrected chi connectivity index (χ0v) is 25.7. The van der Waals surface area contributed by atoms with Gasteiger partial charge in [0.15, 0.2) is 0 Å². The van der Waals surface area contributed by atoms with Crippen LogP contribution in [0.1, 0.15) is 12.8 Å². The van der Waals surface area contributed by atoms with Crippen molar-refractivity contribution in [2.75, 3.05) is 7.11 Å². The summed E-state index contributed by atoms with van der Waals surface area (Å²) in [5.41, 5.74) is 0. The van der Waals surface area contributed by atoms with Gasteiger partial charge in [-0.1, -0.05) is 0 Å². The van der Waals surface area contributed by atoms with Crippen LogP contribution in [0.3, 0.4) is 0 Å². The third-order valence-corrected chi connectivity index (χ3v) is 17.0. The second-order valence-electron chi connectivity index (χ2n) is 9.60. The van der Waals surface area contributed by atoms with Crippen molar-refractivity contribution in [2.45, 2.75) is 78.7 Å². The van der Waals surface area contributed by atoms with Gasteiger partial charge in [-0.25, -0.2) is 0 Å². The molecule has 0 bridgehead atoms. The van der Waals surface area contributed by atoms with Crippen LogP contribution in [0.15, 0.2) is 24.3 Å². The average Bonchev–Trinajstić information content (AvgIpc) is 2.81. The molecule has 0 saturated carbocycles. The van der Waals surface area contributed by atoms with Gasteiger partial charge in [0.25, 0.3) is 0 Å². The standard InChI is InChI=1S/C12H7F17I.C7H7O.2CH3.Sn/c1-2-4(30)3-5(13,14)6(15,16)7(17,18)8(19,20)9(21,22)10(23,24)11(25,26)12(27,28)29;1-8-7-5-3-2-4-6-7;;;/h4H,1-3H2;2-3,5-6H,1H3;2*1H3;. The summed E-state index contributed by atoms with van der Waals surface area (Å²) in [5, 5.41) is 0. The molecule has 0 amide bonds. The average molecular weight is 857 g/mol. The molecule has 1 aromatic carbocycles. The normalized spacial score (nSPS) is 16.1. The Morgan fingerprint density at radius 3 is 1.51 bits per heavy atom. The van der Waals surface area contributed by atoms with Crippen molar-refractivity contribution in [1.82, 2.24) is 0 Å². The second-order valence-corrected chi connectivity index (χ2v) is 25.2. The first kappa shape index (κ1) is 38.4. The zero-order chi connectivity index (χ0) is 32.9. The molecule has 41 heavy (non-hydrogen) atoms. The van der Waals surface area contributed by atoms with E-state index in [0.29, 0.717) is 5.75 Å². The van der Waals surface area contributed by atoms with E-state index < -0.39 is 82.8 Å².